The highest BCUT2D eigenvalue weighted by Crippen LogP contribution is 2.23. The summed E-state index contributed by atoms with van der Waals surface area (Å²) in [6, 6.07) is 14.7. The summed E-state index contributed by atoms with van der Waals surface area (Å²) < 4.78 is 11.0. The molecule has 0 spiro atoms. The third-order valence-corrected chi connectivity index (χ3v) is 2.78. The largest absolute Gasteiger partial charge is 0.490 e. The number of nitrogen functional groups attached to an aromatic ring is 1. The number of para-hydroxylation sites is 1. The second-order valence-corrected chi connectivity index (χ2v) is 4.20. The van der Waals surface area contributed by atoms with E-state index < -0.39 is 0 Å². The lowest BCUT2D eigenvalue weighted by atomic mass is 10.3. The first-order valence-corrected chi connectivity index (χ1v) is 6.24. The van der Waals surface area contributed by atoms with Gasteiger partial charge in [0.2, 0.25) is 0 Å². The van der Waals surface area contributed by atoms with E-state index in [0.29, 0.717) is 24.0 Å². The zero-order valence-electron chi connectivity index (χ0n) is 10.3. The van der Waals surface area contributed by atoms with E-state index in [0.717, 1.165) is 11.4 Å². The van der Waals surface area contributed by atoms with Crippen LogP contribution in [0, 0.1) is 0 Å². The first kappa shape index (κ1) is 13.5. The van der Waals surface area contributed by atoms with Crippen molar-refractivity contribution in [2.24, 2.45) is 5.84 Å². The highest BCUT2D eigenvalue weighted by molar-refractivity contribution is 6.32. The molecule has 0 atom stereocenters. The Hall–Kier alpha value is -1.91. The standard InChI is InChI=1S/C14H15ClN2O2/c15-13-3-1-2-4-14(13)19-10-9-18-12-7-5-11(17-16)6-8-12/h1-8,17H,9-10,16H2. The van der Waals surface area contributed by atoms with E-state index in [2.05, 4.69) is 5.43 Å². The number of halogens is 1. The summed E-state index contributed by atoms with van der Waals surface area (Å²) in [5.41, 5.74) is 3.39. The maximum absolute atomic E-state index is 5.97. The zero-order valence-corrected chi connectivity index (χ0v) is 11.1. The number of rotatable bonds is 6. The molecular weight excluding hydrogens is 264 g/mol. The van der Waals surface area contributed by atoms with Gasteiger partial charge in [-0.15, -0.1) is 0 Å². The van der Waals surface area contributed by atoms with Gasteiger partial charge in [-0.1, -0.05) is 23.7 Å². The van der Waals surface area contributed by atoms with Crippen LogP contribution < -0.4 is 20.7 Å². The Morgan fingerprint density at radius 2 is 1.63 bits per heavy atom. The minimum Gasteiger partial charge on any atom is -0.490 e. The Balaban J connectivity index is 1.76. The highest BCUT2D eigenvalue weighted by Gasteiger charge is 1.99. The molecule has 2 aromatic rings. The van der Waals surface area contributed by atoms with Gasteiger partial charge < -0.3 is 14.9 Å². The van der Waals surface area contributed by atoms with Crippen molar-refractivity contribution in [3.8, 4) is 11.5 Å². The molecule has 0 aromatic heterocycles. The fourth-order valence-electron chi connectivity index (χ4n) is 1.52. The molecule has 0 saturated heterocycles. The van der Waals surface area contributed by atoms with Crippen LogP contribution in [0.3, 0.4) is 0 Å². The summed E-state index contributed by atoms with van der Waals surface area (Å²) >= 11 is 5.97. The maximum Gasteiger partial charge on any atom is 0.138 e. The van der Waals surface area contributed by atoms with Gasteiger partial charge in [0, 0.05) is 5.69 Å². The molecule has 19 heavy (non-hydrogen) atoms. The van der Waals surface area contributed by atoms with Crippen LogP contribution in [-0.4, -0.2) is 13.2 Å². The molecule has 4 nitrogen and oxygen atoms in total. The molecule has 2 rings (SSSR count). The SMILES string of the molecule is NNc1ccc(OCCOc2ccccc2Cl)cc1. The molecule has 0 aliphatic carbocycles. The molecule has 0 aliphatic heterocycles. The highest BCUT2D eigenvalue weighted by atomic mass is 35.5. The van der Waals surface area contributed by atoms with Gasteiger partial charge in [-0.05, 0) is 36.4 Å². The van der Waals surface area contributed by atoms with Crippen LogP contribution in [0.4, 0.5) is 5.69 Å². The predicted molar refractivity (Wildman–Crippen MR) is 76.7 cm³/mol. The number of ether oxygens (including phenoxy) is 2. The second kappa shape index (κ2) is 6.87. The number of anilines is 1. The first-order chi connectivity index (χ1) is 9.29. The van der Waals surface area contributed by atoms with Crippen LogP contribution in [0.15, 0.2) is 48.5 Å². The van der Waals surface area contributed by atoms with E-state index in [-0.39, 0.29) is 0 Å². The van der Waals surface area contributed by atoms with Crippen molar-refractivity contribution in [2.75, 3.05) is 18.6 Å². The minimum atomic E-state index is 0.431. The van der Waals surface area contributed by atoms with Gasteiger partial charge in [0.1, 0.15) is 24.7 Å². The number of hydrogen-bond donors (Lipinski definition) is 2. The van der Waals surface area contributed by atoms with E-state index in [1.807, 2.05) is 42.5 Å². The molecule has 2 aromatic carbocycles. The summed E-state index contributed by atoms with van der Waals surface area (Å²) in [7, 11) is 0. The average Bonchev–Trinajstić information content (AvgIpc) is 2.46. The Kier molecular flexibility index (Phi) is 4.89. The molecule has 0 bridgehead atoms. The first-order valence-electron chi connectivity index (χ1n) is 5.86. The number of hydrazine groups is 1. The van der Waals surface area contributed by atoms with Gasteiger partial charge in [0.25, 0.3) is 0 Å². The molecule has 0 fully saturated rings. The van der Waals surface area contributed by atoms with Crippen LogP contribution in [0.2, 0.25) is 5.02 Å². The molecule has 0 heterocycles. The van der Waals surface area contributed by atoms with Crippen molar-refractivity contribution in [1.82, 2.24) is 0 Å². The summed E-state index contributed by atoms with van der Waals surface area (Å²) in [6.45, 7) is 0.876. The minimum absolute atomic E-state index is 0.431. The van der Waals surface area contributed by atoms with E-state index in [4.69, 9.17) is 26.9 Å². The van der Waals surface area contributed by atoms with Gasteiger partial charge in [-0.3, -0.25) is 5.84 Å². The topological polar surface area (TPSA) is 56.5 Å². The Morgan fingerprint density at radius 1 is 0.947 bits per heavy atom. The molecule has 0 unspecified atom stereocenters. The molecule has 0 amide bonds. The molecule has 5 heteroatoms. The van der Waals surface area contributed by atoms with Crippen molar-refractivity contribution >= 4 is 17.3 Å². The maximum atomic E-state index is 5.97. The predicted octanol–water partition coefficient (Wildman–Crippen LogP) is 3.08. The number of nitrogens with two attached hydrogens (primary N) is 1. The summed E-state index contributed by atoms with van der Waals surface area (Å²) in [6.07, 6.45) is 0. The van der Waals surface area contributed by atoms with Crippen LogP contribution in [-0.2, 0) is 0 Å². The normalized spacial score (nSPS) is 10.0. The Morgan fingerprint density at radius 3 is 2.32 bits per heavy atom. The smallest absolute Gasteiger partial charge is 0.138 e. The number of benzene rings is 2. The van der Waals surface area contributed by atoms with Crippen molar-refractivity contribution in [2.45, 2.75) is 0 Å². The quantitative estimate of drug-likeness (QED) is 0.484. The zero-order chi connectivity index (χ0) is 13.5. The average molecular weight is 279 g/mol. The monoisotopic (exact) mass is 278 g/mol. The number of hydrogen-bond acceptors (Lipinski definition) is 4. The lowest BCUT2D eigenvalue weighted by Gasteiger charge is -2.09. The second-order valence-electron chi connectivity index (χ2n) is 3.80. The molecule has 100 valence electrons. The van der Waals surface area contributed by atoms with Crippen LogP contribution in [0.25, 0.3) is 0 Å². The third-order valence-electron chi connectivity index (χ3n) is 2.47. The summed E-state index contributed by atoms with van der Waals surface area (Å²) in [5, 5.41) is 0.598. The lowest BCUT2D eigenvalue weighted by Crippen LogP contribution is -2.09. The van der Waals surface area contributed by atoms with E-state index in [1.54, 1.807) is 6.07 Å². The molecule has 0 saturated carbocycles. The fourth-order valence-corrected chi connectivity index (χ4v) is 1.71. The van der Waals surface area contributed by atoms with Gasteiger partial charge in [0.05, 0.1) is 5.02 Å². The molecule has 0 aliphatic rings. The number of nitrogens with one attached hydrogen (secondary N) is 1. The Labute approximate surface area is 117 Å². The lowest BCUT2D eigenvalue weighted by molar-refractivity contribution is 0.217. The van der Waals surface area contributed by atoms with Gasteiger partial charge in [-0.25, -0.2) is 0 Å². The van der Waals surface area contributed by atoms with Crippen LogP contribution in [0.1, 0.15) is 0 Å². The summed E-state index contributed by atoms with van der Waals surface area (Å²) in [4.78, 5) is 0. The third kappa shape index (κ3) is 4.05. The van der Waals surface area contributed by atoms with Gasteiger partial charge in [-0.2, -0.15) is 0 Å². The van der Waals surface area contributed by atoms with E-state index in [1.165, 1.54) is 0 Å². The van der Waals surface area contributed by atoms with Crippen molar-refractivity contribution < 1.29 is 9.47 Å². The van der Waals surface area contributed by atoms with Crippen LogP contribution in [0.5, 0.6) is 11.5 Å². The van der Waals surface area contributed by atoms with Crippen molar-refractivity contribution in [1.29, 1.82) is 0 Å². The fraction of sp³-hybridized carbons (Fsp3) is 0.143. The molecule has 3 N–H and O–H groups in total. The molecule has 0 radical (unpaired) electrons. The van der Waals surface area contributed by atoms with Crippen LogP contribution >= 0.6 is 11.6 Å². The van der Waals surface area contributed by atoms with Gasteiger partial charge >= 0.3 is 0 Å². The van der Waals surface area contributed by atoms with E-state index >= 15 is 0 Å². The summed E-state index contributed by atoms with van der Waals surface area (Å²) in [5.74, 6) is 6.70. The van der Waals surface area contributed by atoms with Crippen molar-refractivity contribution in [3.05, 3.63) is 53.6 Å². The molecular formula is C14H15ClN2O2. The van der Waals surface area contributed by atoms with Gasteiger partial charge in [0.15, 0.2) is 0 Å². The van der Waals surface area contributed by atoms with E-state index in [9.17, 15) is 0 Å². The van der Waals surface area contributed by atoms with Crippen molar-refractivity contribution in [3.63, 3.8) is 0 Å². The Bertz CT molecular complexity index is 517.